The summed E-state index contributed by atoms with van der Waals surface area (Å²) in [5.41, 5.74) is 4.05. The van der Waals surface area contributed by atoms with E-state index in [0.717, 1.165) is 22.4 Å². The normalized spacial score (nSPS) is 10.2. The second-order valence-corrected chi connectivity index (χ2v) is 5.31. The summed E-state index contributed by atoms with van der Waals surface area (Å²) in [6, 6.07) is 12.5. The van der Waals surface area contributed by atoms with Crippen molar-refractivity contribution in [2.24, 2.45) is 0 Å². The van der Waals surface area contributed by atoms with Gasteiger partial charge in [0.2, 0.25) is 0 Å². The van der Waals surface area contributed by atoms with Crippen LogP contribution >= 0.6 is 0 Å². The maximum absolute atomic E-state index is 12.1. The van der Waals surface area contributed by atoms with Crippen LogP contribution in [0.3, 0.4) is 0 Å². The van der Waals surface area contributed by atoms with Gasteiger partial charge in [0, 0.05) is 11.4 Å². The highest BCUT2D eigenvalue weighted by molar-refractivity contribution is 6.00. The maximum Gasteiger partial charge on any atom is 0.323 e. The molecule has 0 unspecified atom stereocenters. The first kappa shape index (κ1) is 16.5. The number of rotatable bonds is 5. The lowest BCUT2D eigenvalue weighted by Crippen LogP contribution is -2.20. The number of nitrogens with one attached hydrogen (secondary N) is 2. The summed E-state index contributed by atoms with van der Waals surface area (Å²) in [5, 5.41) is 14.5. The van der Waals surface area contributed by atoms with Crippen LogP contribution in [0.5, 0.6) is 0 Å². The van der Waals surface area contributed by atoms with Crippen molar-refractivity contribution in [3.63, 3.8) is 0 Å². The zero-order valence-electron chi connectivity index (χ0n) is 13.2. The second kappa shape index (κ2) is 7.45. The lowest BCUT2D eigenvalue weighted by molar-refractivity contribution is -0.136. The molecular weight excluding hydrogens is 292 g/mol. The van der Waals surface area contributed by atoms with Gasteiger partial charge in [-0.05, 0) is 42.2 Å². The lowest BCUT2D eigenvalue weighted by atomic mass is 10.0. The number of aryl methyl sites for hydroxylation is 2. The van der Waals surface area contributed by atoms with E-state index in [4.69, 9.17) is 5.11 Å². The topological polar surface area (TPSA) is 78.4 Å². The lowest BCUT2D eigenvalue weighted by Gasteiger charge is -2.13. The fraction of sp³-hybridized carbons (Fsp3) is 0.222. The first-order valence-corrected chi connectivity index (χ1v) is 7.47. The van der Waals surface area contributed by atoms with E-state index in [-0.39, 0.29) is 12.5 Å². The van der Waals surface area contributed by atoms with E-state index in [1.54, 1.807) is 12.1 Å². The Morgan fingerprint density at radius 1 is 1.04 bits per heavy atom. The molecule has 0 aliphatic carbocycles. The van der Waals surface area contributed by atoms with Crippen molar-refractivity contribution in [2.75, 3.05) is 10.6 Å². The van der Waals surface area contributed by atoms with Gasteiger partial charge in [-0.15, -0.1) is 0 Å². The molecule has 23 heavy (non-hydrogen) atoms. The van der Waals surface area contributed by atoms with E-state index < -0.39 is 5.97 Å². The van der Waals surface area contributed by atoms with E-state index in [0.29, 0.717) is 12.1 Å². The molecule has 0 heterocycles. The van der Waals surface area contributed by atoms with Crippen LogP contribution < -0.4 is 10.6 Å². The molecule has 0 saturated carbocycles. The molecule has 0 saturated heterocycles. The Morgan fingerprint density at radius 3 is 2.39 bits per heavy atom. The van der Waals surface area contributed by atoms with Crippen molar-refractivity contribution in [1.82, 2.24) is 0 Å². The van der Waals surface area contributed by atoms with Crippen LogP contribution in [0.1, 0.15) is 23.6 Å². The number of carboxylic acid groups (broad SMARTS) is 1. The van der Waals surface area contributed by atoms with Crippen LogP contribution in [0.2, 0.25) is 0 Å². The molecule has 0 aliphatic rings. The summed E-state index contributed by atoms with van der Waals surface area (Å²) in [5.74, 6) is -0.870. The van der Waals surface area contributed by atoms with Gasteiger partial charge in [0.1, 0.15) is 0 Å². The molecule has 0 radical (unpaired) electrons. The summed E-state index contributed by atoms with van der Waals surface area (Å²) < 4.78 is 0. The molecule has 2 rings (SSSR count). The third-order valence-electron chi connectivity index (χ3n) is 3.55. The van der Waals surface area contributed by atoms with Crippen molar-refractivity contribution in [3.8, 4) is 0 Å². The number of amides is 2. The minimum atomic E-state index is -0.870. The number of hydrogen-bond donors (Lipinski definition) is 3. The van der Waals surface area contributed by atoms with Gasteiger partial charge in [0.05, 0.1) is 6.42 Å². The molecule has 0 fully saturated rings. The Morgan fingerprint density at radius 2 is 1.74 bits per heavy atom. The van der Waals surface area contributed by atoms with Gasteiger partial charge < -0.3 is 15.7 Å². The van der Waals surface area contributed by atoms with Crippen molar-refractivity contribution in [2.45, 2.75) is 26.7 Å². The number of anilines is 2. The molecule has 2 aromatic rings. The van der Waals surface area contributed by atoms with Gasteiger partial charge in [-0.3, -0.25) is 4.79 Å². The smallest absolute Gasteiger partial charge is 0.323 e. The summed E-state index contributed by atoms with van der Waals surface area (Å²) in [7, 11) is 0. The average molecular weight is 312 g/mol. The Hall–Kier alpha value is -2.82. The van der Waals surface area contributed by atoms with E-state index in [1.165, 1.54) is 0 Å². The van der Waals surface area contributed by atoms with Crippen LogP contribution in [0.15, 0.2) is 42.5 Å². The molecule has 3 N–H and O–H groups in total. The summed E-state index contributed by atoms with van der Waals surface area (Å²) in [6.45, 7) is 3.89. The number of para-hydroxylation sites is 1. The molecule has 5 nitrogen and oxygen atoms in total. The van der Waals surface area contributed by atoms with E-state index in [2.05, 4.69) is 10.6 Å². The van der Waals surface area contributed by atoms with Gasteiger partial charge >= 0.3 is 12.0 Å². The highest BCUT2D eigenvalue weighted by atomic mass is 16.4. The molecule has 0 aromatic heterocycles. The van der Waals surface area contributed by atoms with Gasteiger partial charge in [0.15, 0.2) is 0 Å². The van der Waals surface area contributed by atoms with Crippen molar-refractivity contribution in [1.29, 1.82) is 0 Å². The minimum Gasteiger partial charge on any atom is -0.481 e. The van der Waals surface area contributed by atoms with Crippen molar-refractivity contribution >= 4 is 23.4 Å². The first-order chi connectivity index (χ1) is 11.0. The van der Waals surface area contributed by atoms with Gasteiger partial charge in [-0.2, -0.15) is 0 Å². The SMILES string of the molecule is CCc1cc(CC(=O)O)ccc1NC(=O)Nc1ccccc1C. The highest BCUT2D eigenvalue weighted by Crippen LogP contribution is 2.20. The quantitative estimate of drug-likeness (QED) is 0.785. The number of carbonyl (C=O) groups excluding carboxylic acids is 1. The Kier molecular flexibility index (Phi) is 5.36. The summed E-state index contributed by atoms with van der Waals surface area (Å²) in [6.07, 6.45) is 0.677. The zero-order chi connectivity index (χ0) is 16.8. The zero-order valence-corrected chi connectivity index (χ0v) is 13.2. The van der Waals surface area contributed by atoms with E-state index in [9.17, 15) is 9.59 Å². The maximum atomic E-state index is 12.1. The van der Waals surface area contributed by atoms with Gasteiger partial charge in [0.25, 0.3) is 0 Å². The molecule has 2 amide bonds. The first-order valence-electron chi connectivity index (χ1n) is 7.47. The van der Waals surface area contributed by atoms with Crippen LogP contribution in [0.25, 0.3) is 0 Å². The Labute approximate surface area is 135 Å². The predicted octanol–water partition coefficient (Wildman–Crippen LogP) is 3.83. The van der Waals surface area contributed by atoms with Crippen LogP contribution in [-0.4, -0.2) is 17.1 Å². The number of carboxylic acids is 1. The molecule has 2 aromatic carbocycles. The molecule has 120 valence electrons. The van der Waals surface area contributed by atoms with Gasteiger partial charge in [-0.1, -0.05) is 37.3 Å². The van der Waals surface area contributed by atoms with Crippen LogP contribution in [0, 0.1) is 6.92 Å². The Bertz CT molecular complexity index is 726. The van der Waals surface area contributed by atoms with E-state index in [1.807, 2.05) is 44.2 Å². The number of benzene rings is 2. The minimum absolute atomic E-state index is 0.0251. The predicted molar refractivity (Wildman–Crippen MR) is 91.0 cm³/mol. The highest BCUT2D eigenvalue weighted by Gasteiger charge is 2.09. The van der Waals surface area contributed by atoms with Crippen LogP contribution in [0.4, 0.5) is 16.2 Å². The molecular formula is C18H20N2O3. The molecule has 0 aliphatic heterocycles. The molecule has 0 spiro atoms. The monoisotopic (exact) mass is 312 g/mol. The molecule has 0 bridgehead atoms. The summed E-state index contributed by atoms with van der Waals surface area (Å²) in [4.78, 5) is 22.9. The fourth-order valence-corrected chi connectivity index (χ4v) is 2.34. The number of urea groups is 1. The fourth-order valence-electron chi connectivity index (χ4n) is 2.34. The van der Waals surface area contributed by atoms with Gasteiger partial charge in [-0.25, -0.2) is 4.79 Å². The second-order valence-electron chi connectivity index (χ2n) is 5.31. The van der Waals surface area contributed by atoms with Crippen molar-refractivity contribution in [3.05, 3.63) is 59.2 Å². The third kappa shape index (κ3) is 4.57. The number of carbonyl (C=O) groups is 2. The standard InChI is InChI=1S/C18H20N2O3/c1-3-14-10-13(11-17(21)22)8-9-16(14)20-18(23)19-15-7-5-4-6-12(15)2/h4-10H,3,11H2,1-2H3,(H,21,22)(H2,19,20,23). The number of hydrogen-bond acceptors (Lipinski definition) is 2. The summed E-state index contributed by atoms with van der Waals surface area (Å²) >= 11 is 0. The largest absolute Gasteiger partial charge is 0.481 e. The van der Waals surface area contributed by atoms with Crippen LogP contribution in [-0.2, 0) is 17.6 Å². The Balaban J connectivity index is 2.11. The molecule has 0 atom stereocenters. The third-order valence-corrected chi connectivity index (χ3v) is 3.55. The van der Waals surface area contributed by atoms with E-state index >= 15 is 0 Å². The van der Waals surface area contributed by atoms with Crippen molar-refractivity contribution < 1.29 is 14.7 Å². The average Bonchev–Trinajstić information content (AvgIpc) is 2.50. The molecule has 5 heteroatoms. The number of aliphatic carboxylic acids is 1.